The predicted octanol–water partition coefficient (Wildman–Crippen LogP) is 5.86. The molecule has 1 N–H and O–H groups in total. The minimum Gasteiger partial charge on any atom is -0.277 e. The van der Waals surface area contributed by atoms with Crippen LogP contribution in [0.25, 0.3) is 0 Å². The highest BCUT2D eigenvalue weighted by atomic mass is 33.1. The molecule has 0 heterocycles. The summed E-state index contributed by atoms with van der Waals surface area (Å²) >= 11 is 0. The van der Waals surface area contributed by atoms with E-state index in [1.165, 1.54) is 22.3 Å². The van der Waals surface area contributed by atoms with Gasteiger partial charge in [0.2, 0.25) is 0 Å². The van der Waals surface area contributed by atoms with E-state index in [2.05, 4.69) is 91.0 Å². The zero-order chi connectivity index (χ0) is 22.7. The summed E-state index contributed by atoms with van der Waals surface area (Å²) in [6.45, 7) is 0. The van der Waals surface area contributed by atoms with Gasteiger partial charge in [-0.3, -0.25) is 4.55 Å². The summed E-state index contributed by atoms with van der Waals surface area (Å²) in [7, 11) is -5.01. The second-order valence-corrected chi connectivity index (χ2v) is 15.0. The third-order valence-electron chi connectivity index (χ3n) is 5.71. The Bertz CT molecular complexity index is 930. The summed E-state index contributed by atoms with van der Waals surface area (Å²) in [5, 5.41) is 4.29. The molecule has 0 amide bonds. The van der Waals surface area contributed by atoms with Crippen LogP contribution in [0.3, 0.4) is 0 Å². The third-order valence-corrected chi connectivity index (χ3v) is 12.4. The first-order valence-electron chi connectivity index (χ1n) is 11.2. The second kappa shape index (κ2) is 12.6. The molecule has 0 saturated carbocycles. The molecule has 0 unspecified atom stereocenters. The SMILES string of the molecule is O=S(=O)(O)SCCCCCCCC[P+](c1ccccc1)(c1ccccc1)c1ccccc1. The molecule has 0 bridgehead atoms. The van der Waals surface area contributed by atoms with Gasteiger partial charge in [0.05, 0.1) is 6.16 Å². The Morgan fingerprint density at radius 2 is 0.969 bits per heavy atom. The molecule has 0 aromatic heterocycles. The maximum absolute atomic E-state index is 10.8. The van der Waals surface area contributed by atoms with Crippen molar-refractivity contribution in [3.8, 4) is 0 Å². The summed E-state index contributed by atoms with van der Waals surface area (Å²) in [6, 6.07) is 32.9. The fraction of sp³-hybridized carbons (Fsp3) is 0.308. The van der Waals surface area contributed by atoms with Crippen molar-refractivity contribution in [3.63, 3.8) is 0 Å². The van der Waals surface area contributed by atoms with E-state index in [-0.39, 0.29) is 0 Å². The maximum Gasteiger partial charge on any atom is 0.319 e. The number of rotatable bonds is 13. The van der Waals surface area contributed by atoms with Crippen LogP contribution in [0.1, 0.15) is 38.5 Å². The molecule has 0 aliphatic heterocycles. The van der Waals surface area contributed by atoms with Crippen molar-refractivity contribution < 1.29 is 13.0 Å². The Morgan fingerprint density at radius 3 is 1.38 bits per heavy atom. The van der Waals surface area contributed by atoms with Crippen molar-refractivity contribution in [2.75, 3.05) is 11.9 Å². The Labute approximate surface area is 197 Å². The standard InChI is InChI=1S/C26H31O3PS2/c27-32(28,29)31-23-15-4-2-1-3-14-22-30(24-16-8-5-9-17-24,25-18-10-6-11-19-25)26-20-12-7-13-21-26/h5-13,16-21H,1-4,14-15,22-23H2/p+1. The molecular weight excluding hydrogens is 455 g/mol. The monoisotopic (exact) mass is 487 g/mol. The summed E-state index contributed by atoms with van der Waals surface area (Å²) in [5.41, 5.74) is 0. The molecule has 3 rings (SSSR count). The van der Waals surface area contributed by atoms with Crippen LogP contribution in [0.15, 0.2) is 91.0 Å². The fourth-order valence-corrected chi connectivity index (χ4v) is 10.1. The molecule has 170 valence electrons. The normalized spacial score (nSPS) is 12.0. The van der Waals surface area contributed by atoms with Gasteiger partial charge >= 0.3 is 9.15 Å². The van der Waals surface area contributed by atoms with Gasteiger partial charge in [0.15, 0.2) is 0 Å². The van der Waals surface area contributed by atoms with Crippen molar-refractivity contribution in [1.82, 2.24) is 0 Å². The van der Waals surface area contributed by atoms with Crippen LogP contribution in [0.4, 0.5) is 0 Å². The Balaban J connectivity index is 1.69. The van der Waals surface area contributed by atoms with Gasteiger partial charge in [0, 0.05) is 5.75 Å². The van der Waals surface area contributed by atoms with E-state index in [0.717, 1.165) is 38.3 Å². The second-order valence-electron chi connectivity index (χ2n) is 7.91. The van der Waals surface area contributed by atoms with Crippen molar-refractivity contribution >= 4 is 43.1 Å². The van der Waals surface area contributed by atoms with Gasteiger partial charge in [0.25, 0.3) is 0 Å². The first-order chi connectivity index (χ1) is 15.5. The van der Waals surface area contributed by atoms with E-state index < -0.39 is 16.4 Å². The zero-order valence-corrected chi connectivity index (χ0v) is 20.9. The van der Waals surface area contributed by atoms with Crippen molar-refractivity contribution in [3.05, 3.63) is 91.0 Å². The van der Waals surface area contributed by atoms with Gasteiger partial charge in [-0.15, -0.1) is 0 Å². The van der Waals surface area contributed by atoms with E-state index in [0.29, 0.717) is 16.5 Å². The highest BCUT2D eigenvalue weighted by molar-refractivity contribution is 8.69. The lowest BCUT2D eigenvalue weighted by Crippen LogP contribution is -2.33. The molecule has 32 heavy (non-hydrogen) atoms. The Hall–Kier alpha value is -1.65. The first kappa shape index (κ1) is 25.0. The number of unbranched alkanes of at least 4 members (excludes halogenated alkanes) is 5. The Kier molecular flexibility index (Phi) is 9.80. The lowest BCUT2D eigenvalue weighted by Gasteiger charge is -2.27. The van der Waals surface area contributed by atoms with Gasteiger partial charge in [-0.05, 0) is 66.5 Å². The molecule has 3 nitrogen and oxygen atoms in total. The van der Waals surface area contributed by atoms with Gasteiger partial charge < -0.3 is 0 Å². The lowest BCUT2D eigenvalue weighted by molar-refractivity contribution is 0.503. The van der Waals surface area contributed by atoms with E-state index >= 15 is 0 Å². The van der Waals surface area contributed by atoms with Crippen molar-refractivity contribution in [1.29, 1.82) is 0 Å². The number of hydrogen-bond donors (Lipinski definition) is 1. The molecule has 0 spiro atoms. The van der Waals surface area contributed by atoms with Crippen LogP contribution in [-0.2, 0) is 9.15 Å². The highest BCUT2D eigenvalue weighted by Crippen LogP contribution is 2.55. The van der Waals surface area contributed by atoms with Crippen LogP contribution < -0.4 is 15.9 Å². The van der Waals surface area contributed by atoms with E-state index in [4.69, 9.17) is 4.55 Å². The van der Waals surface area contributed by atoms with Crippen LogP contribution >= 0.6 is 18.1 Å². The smallest absolute Gasteiger partial charge is 0.277 e. The molecule has 0 saturated heterocycles. The van der Waals surface area contributed by atoms with Crippen LogP contribution in [0, 0.1) is 0 Å². The number of hydrogen-bond acceptors (Lipinski definition) is 3. The quantitative estimate of drug-likeness (QED) is 0.142. The predicted molar refractivity (Wildman–Crippen MR) is 142 cm³/mol. The summed E-state index contributed by atoms with van der Waals surface area (Å²) in [5.74, 6) is 0.462. The lowest BCUT2D eigenvalue weighted by atomic mass is 10.1. The van der Waals surface area contributed by atoms with Gasteiger partial charge in [0.1, 0.15) is 23.2 Å². The fourth-order valence-electron chi connectivity index (χ4n) is 4.20. The Morgan fingerprint density at radius 1 is 0.594 bits per heavy atom. The van der Waals surface area contributed by atoms with E-state index in [1.807, 2.05) is 0 Å². The molecule has 0 atom stereocenters. The summed E-state index contributed by atoms with van der Waals surface area (Å²) < 4.78 is 30.3. The van der Waals surface area contributed by atoms with Crippen LogP contribution in [-0.4, -0.2) is 24.9 Å². The van der Waals surface area contributed by atoms with Crippen molar-refractivity contribution in [2.45, 2.75) is 38.5 Å². The molecule has 6 heteroatoms. The summed E-state index contributed by atoms with van der Waals surface area (Å²) in [6.07, 6.45) is 7.53. The maximum atomic E-state index is 10.8. The molecule has 0 aliphatic rings. The van der Waals surface area contributed by atoms with Crippen LogP contribution in [0.2, 0.25) is 0 Å². The molecule has 0 fully saturated rings. The van der Waals surface area contributed by atoms with Gasteiger partial charge in [-0.25, -0.2) is 0 Å². The van der Waals surface area contributed by atoms with E-state index in [1.54, 1.807) is 0 Å². The van der Waals surface area contributed by atoms with Crippen LogP contribution in [0.5, 0.6) is 0 Å². The average molecular weight is 488 g/mol. The molecule has 3 aromatic rings. The largest absolute Gasteiger partial charge is 0.319 e. The molecule has 0 radical (unpaired) electrons. The minimum atomic E-state index is -3.90. The molecular formula is C26H32O3PS2+. The third kappa shape index (κ3) is 7.18. The number of benzene rings is 3. The van der Waals surface area contributed by atoms with Crippen molar-refractivity contribution in [2.24, 2.45) is 0 Å². The van der Waals surface area contributed by atoms with E-state index in [9.17, 15) is 8.42 Å². The minimum absolute atomic E-state index is 0.462. The summed E-state index contributed by atoms with van der Waals surface area (Å²) in [4.78, 5) is 0. The van der Waals surface area contributed by atoms with Gasteiger partial charge in [-0.2, -0.15) is 8.42 Å². The zero-order valence-electron chi connectivity index (χ0n) is 18.3. The van der Waals surface area contributed by atoms with Gasteiger partial charge in [-0.1, -0.05) is 73.9 Å². The first-order valence-corrected chi connectivity index (χ1v) is 16.1. The molecule has 0 aliphatic carbocycles. The average Bonchev–Trinajstić information content (AvgIpc) is 2.82. The highest BCUT2D eigenvalue weighted by Gasteiger charge is 2.44. The molecule has 3 aromatic carbocycles. The topological polar surface area (TPSA) is 54.4 Å².